The number of nitrogens with one attached hydrogen (secondary N) is 1. The molecule has 6 heteroatoms. The first-order chi connectivity index (χ1) is 17.5. The molecule has 0 spiro atoms. The number of hydrogen-bond donors (Lipinski definition) is 1. The topological polar surface area (TPSA) is 56.4 Å². The lowest BCUT2D eigenvalue weighted by Crippen LogP contribution is -2.50. The van der Waals surface area contributed by atoms with Crippen LogP contribution < -0.4 is 0 Å². The molecule has 0 atom stereocenters. The lowest BCUT2D eigenvalue weighted by atomic mass is 10.0. The third-order valence-electron chi connectivity index (χ3n) is 6.68. The molecule has 2 amide bonds. The summed E-state index contributed by atoms with van der Waals surface area (Å²) >= 11 is 0. The molecular weight excluding hydrogens is 453 g/mol. The maximum absolute atomic E-state index is 13.5. The first-order valence-corrected chi connectivity index (χ1v) is 12.1. The summed E-state index contributed by atoms with van der Waals surface area (Å²) in [7, 11) is 0. The Balaban J connectivity index is 1.26. The number of rotatable bonds is 5. The van der Waals surface area contributed by atoms with Crippen molar-refractivity contribution in [3.63, 3.8) is 0 Å². The van der Waals surface area contributed by atoms with Gasteiger partial charge in [-0.1, -0.05) is 48.0 Å². The number of halogens is 1. The molecule has 0 unspecified atom stereocenters. The minimum Gasteiger partial charge on any atom is -0.354 e. The van der Waals surface area contributed by atoms with Gasteiger partial charge in [-0.25, -0.2) is 4.39 Å². The average molecular weight is 482 g/mol. The van der Waals surface area contributed by atoms with E-state index in [-0.39, 0.29) is 24.1 Å². The van der Waals surface area contributed by atoms with Crippen molar-refractivity contribution in [1.29, 1.82) is 0 Å². The molecule has 1 N–H and O–H groups in total. The van der Waals surface area contributed by atoms with Crippen LogP contribution in [0.3, 0.4) is 0 Å². The number of nitrogens with zero attached hydrogens (tertiary/aromatic N) is 2. The number of aromatic amines is 1. The standard InChI is InChI=1S/C30H28FN3O2/c1-21-5-4-6-22(19-21)9-14-28(35)33-15-17-34(18-16-33)29(36)20-26-25-7-2-3-8-27(25)32-30(26)23-10-12-24(31)13-11-23/h2-14,19,32H,15-18,20H2,1H3/b14-9+. The van der Waals surface area contributed by atoms with Gasteiger partial charge < -0.3 is 14.8 Å². The third-order valence-corrected chi connectivity index (χ3v) is 6.68. The Hall–Kier alpha value is -4.19. The Morgan fingerprint density at radius 1 is 0.917 bits per heavy atom. The molecule has 4 aromatic rings. The number of amides is 2. The summed E-state index contributed by atoms with van der Waals surface area (Å²) in [6.07, 6.45) is 3.67. The number of hydrogen-bond acceptors (Lipinski definition) is 2. The number of aryl methyl sites for hydroxylation is 1. The molecule has 1 fully saturated rings. The Bertz CT molecular complexity index is 1430. The van der Waals surface area contributed by atoms with Crippen LogP contribution in [0, 0.1) is 12.7 Å². The van der Waals surface area contributed by atoms with Crippen molar-refractivity contribution in [3.05, 3.63) is 101 Å². The Morgan fingerprint density at radius 2 is 1.64 bits per heavy atom. The fourth-order valence-electron chi connectivity index (χ4n) is 4.73. The van der Waals surface area contributed by atoms with Crippen molar-refractivity contribution in [1.82, 2.24) is 14.8 Å². The van der Waals surface area contributed by atoms with Crippen LogP contribution in [0.1, 0.15) is 16.7 Å². The van der Waals surface area contributed by atoms with Gasteiger partial charge in [0.25, 0.3) is 0 Å². The number of carbonyl (C=O) groups excluding carboxylic acids is 2. The third kappa shape index (κ3) is 5.08. The van der Waals surface area contributed by atoms with Crippen LogP contribution in [-0.4, -0.2) is 52.8 Å². The van der Waals surface area contributed by atoms with E-state index in [9.17, 15) is 14.0 Å². The molecule has 36 heavy (non-hydrogen) atoms. The maximum atomic E-state index is 13.5. The Morgan fingerprint density at radius 3 is 2.39 bits per heavy atom. The normalized spacial score (nSPS) is 14.1. The van der Waals surface area contributed by atoms with E-state index >= 15 is 0 Å². The molecule has 1 saturated heterocycles. The van der Waals surface area contributed by atoms with E-state index in [1.54, 1.807) is 23.1 Å². The van der Waals surface area contributed by atoms with Gasteiger partial charge in [-0.05, 0) is 60.0 Å². The molecule has 2 heterocycles. The average Bonchev–Trinajstić information content (AvgIpc) is 3.26. The van der Waals surface area contributed by atoms with Crippen molar-refractivity contribution in [2.45, 2.75) is 13.3 Å². The first kappa shape index (κ1) is 23.5. The van der Waals surface area contributed by atoms with Crippen LogP contribution in [-0.2, 0) is 16.0 Å². The summed E-state index contributed by atoms with van der Waals surface area (Å²) in [5, 5.41) is 0.986. The van der Waals surface area contributed by atoms with E-state index in [1.807, 2.05) is 66.4 Å². The molecule has 0 aliphatic carbocycles. The Labute approximate surface area is 209 Å². The number of carbonyl (C=O) groups is 2. The first-order valence-electron chi connectivity index (χ1n) is 12.1. The van der Waals surface area contributed by atoms with E-state index < -0.39 is 0 Å². The number of benzene rings is 3. The number of piperazine rings is 1. The van der Waals surface area contributed by atoms with Crippen LogP contribution >= 0.6 is 0 Å². The van der Waals surface area contributed by atoms with Crippen LogP contribution in [0.25, 0.3) is 28.2 Å². The molecule has 1 aromatic heterocycles. The highest BCUT2D eigenvalue weighted by Gasteiger charge is 2.25. The van der Waals surface area contributed by atoms with Gasteiger partial charge in [0.2, 0.25) is 11.8 Å². The number of para-hydroxylation sites is 1. The van der Waals surface area contributed by atoms with E-state index in [0.717, 1.165) is 38.9 Å². The van der Waals surface area contributed by atoms with Gasteiger partial charge in [-0.15, -0.1) is 0 Å². The molecule has 5 rings (SSSR count). The second kappa shape index (κ2) is 10.2. The highest BCUT2D eigenvalue weighted by molar-refractivity contribution is 5.95. The Kier molecular flexibility index (Phi) is 6.67. The maximum Gasteiger partial charge on any atom is 0.246 e. The molecule has 182 valence electrons. The highest BCUT2D eigenvalue weighted by atomic mass is 19.1. The molecule has 1 aliphatic heterocycles. The largest absolute Gasteiger partial charge is 0.354 e. The number of fused-ring (bicyclic) bond motifs is 1. The highest BCUT2D eigenvalue weighted by Crippen LogP contribution is 2.31. The van der Waals surface area contributed by atoms with Crippen LogP contribution in [0.2, 0.25) is 0 Å². The molecule has 0 radical (unpaired) electrons. The van der Waals surface area contributed by atoms with Gasteiger partial charge in [0.15, 0.2) is 0 Å². The van der Waals surface area contributed by atoms with Crippen LogP contribution in [0.15, 0.2) is 78.9 Å². The molecule has 0 bridgehead atoms. The monoisotopic (exact) mass is 481 g/mol. The smallest absolute Gasteiger partial charge is 0.246 e. The fraction of sp³-hybridized carbons (Fsp3) is 0.200. The molecule has 1 aliphatic rings. The lowest BCUT2D eigenvalue weighted by Gasteiger charge is -2.34. The van der Waals surface area contributed by atoms with Gasteiger partial charge in [0.1, 0.15) is 5.82 Å². The van der Waals surface area contributed by atoms with Crippen molar-refractivity contribution in [2.75, 3.05) is 26.2 Å². The summed E-state index contributed by atoms with van der Waals surface area (Å²) in [6, 6.07) is 22.2. The van der Waals surface area contributed by atoms with Crippen molar-refractivity contribution in [3.8, 4) is 11.3 Å². The number of aromatic nitrogens is 1. The van der Waals surface area contributed by atoms with Gasteiger partial charge in [0, 0.05) is 43.2 Å². The van der Waals surface area contributed by atoms with Crippen LogP contribution in [0.5, 0.6) is 0 Å². The van der Waals surface area contributed by atoms with Gasteiger partial charge in [0.05, 0.1) is 12.1 Å². The van der Waals surface area contributed by atoms with E-state index in [2.05, 4.69) is 4.98 Å². The second-order valence-corrected chi connectivity index (χ2v) is 9.16. The molecular formula is C30H28FN3O2. The van der Waals surface area contributed by atoms with Gasteiger partial charge in [-0.2, -0.15) is 0 Å². The van der Waals surface area contributed by atoms with E-state index in [0.29, 0.717) is 26.2 Å². The van der Waals surface area contributed by atoms with E-state index in [4.69, 9.17) is 0 Å². The predicted molar refractivity (Wildman–Crippen MR) is 141 cm³/mol. The molecule has 3 aromatic carbocycles. The SMILES string of the molecule is Cc1cccc(/C=C/C(=O)N2CCN(C(=O)Cc3c(-c4ccc(F)cc4)[nH]c4ccccc34)CC2)c1. The zero-order chi connectivity index (χ0) is 25.1. The minimum atomic E-state index is -0.298. The minimum absolute atomic E-state index is 0.0190. The summed E-state index contributed by atoms with van der Waals surface area (Å²) in [6.45, 7) is 4.02. The van der Waals surface area contributed by atoms with Crippen molar-refractivity contribution >= 4 is 28.8 Å². The quantitative estimate of drug-likeness (QED) is 0.398. The van der Waals surface area contributed by atoms with Gasteiger partial charge >= 0.3 is 0 Å². The summed E-state index contributed by atoms with van der Waals surface area (Å²) in [4.78, 5) is 33.0. The fourth-order valence-corrected chi connectivity index (χ4v) is 4.73. The zero-order valence-electron chi connectivity index (χ0n) is 20.2. The summed E-state index contributed by atoms with van der Waals surface area (Å²) in [5.74, 6) is -0.321. The summed E-state index contributed by atoms with van der Waals surface area (Å²) < 4.78 is 13.5. The molecule has 5 nitrogen and oxygen atoms in total. The predicted octanol–water partition coefficient (Wildman–Crippen LogP) is 5.21. The second-order valence-electron chi connectivity index (χ2n) is 9.16. The number of H-pyrrole nitrogens is 1. The lowest BCUT2D eigenvalue weighted by molar-refractivity contribution is -0.136. The van der Waals surface area contributed by atoms with Gasteiger partial charge in [-0.3, -0.25) is 9.59 Å². The van der Waals surface area contributed by atoms with E-state index in [1.165, 1.54) is 12.1 Å². The van der Waals surface area contributed by atoms with Crippen LogP contribution in [0.4, 0.5) is 4.39 Å². The molecule has 0 saturated carbocycles. The van der Waals surface area contributed by atoms with Crippen molar-refractivity contribution < 1.29 is 14.0 Å². The summed E-state index contributed by atoms with van der Waals surface area (Å²) in [5.41, 5.74) is 5.66. The van der Waals surface area contributed by atoms with Crippen molar-refractivity contribution in [2.24, 2.45) is 0 Å². The zero-order valence-corrected chi connectivity index (χ0v) is 20.2.